The molecule has 3 amide bonds. The van der Waals surface area contributed by atoms with E-state index in [1.807, 2.05) is 0 Å². The van der Waals surface area contributed by atoms with Gasteiger partial charge in [-0.3, -0.25) is 14.4 Å². The number of alkyl halides is 3. The SMILES string of the molecule is O=C1CN(C(=O)c2ccc(CNC(=O)C3CC3c3ccccc3C(F)(F)F)cc2)CCN1. The highest BCUT2D eigenvalue weighted by Gasteiger charge is 2.47. The van der Waals surface area contributed by atoms with Crippen LogP contribution >= 0.6 is 0 Å². The van der Waals surface area contributed by atoms with Crippen LogP contribution in [0.25, 0.3) is 0 Å². The lowest BCUT2D eigenvalue weighted by molar-refractivity contribution is -0.138. The number of hydrogen-bond donors (Lipinski definition) is 2. The third kappa shape index (κ3) is 4.76. The number of benzene rings is 2. The summed E-state index contributed by atoms with van der Waals surface area (Å²) in [5, 5.41) is 5.43. The van der Waals surface area contributed by atoms with E-state index in [1.165, 1.54) is 17.0 Å². The molecule has 2 N–H and O–H groups in total. The van der Waals surface area contributed by atoms with Gasteiger partial charge in [-0.15, -0.1) is 0 Å². The monoisotopic (exact) mass is 445 g/mol. The first-order valence-corrected chi connectivity index (χ1v) is 10.3. The third-order valence-electron chi connectivity index (χ3n) is 5.79. The molecule has 2 aliphatic rings. The lowest BCUT2D eigenvalue weighted by Crippen LogP contribution is -2.49. The van der Waals surface area contributed by atoms with E-state index in [1.54, 1.807) is 30.3 Å². The minimum Gasteiger partial charge on any atom is -0.353 e. The summed E-state index contributed by atoms with van der Waals surface area (Å²) in [6.45, 7) is 1.10. The molecule has 0 radical (unpaired) electrons. The van der Waals surface area contributed by atoms with E-state index in [-0.39, 0.29) is 36.4 Å². The zero-order chi connectivity index (χ0) is 22.9. The van der Waals surface area contributed by atoms with Crippen LogP contribution in [0, 0.1) is 5.92 Å². The Hall–Kier alpha value is -3.36. The fraction of sp³-hybridized carbons (Fsp3) is 0.348. The van der Waals surface area contributed by atoms with E-state index in [0.29, 0.717) is 25.1 Å². The number of halogens is 3. The molecule has 32 heavy (non-hydrogen) atoms. The molecule has 9 heteroatoms. The van der Waals surface area contributed by atoms with Gasteiger partial charge in [0.2, 0.25) is 11.8 Å². The van der Waals surface area contributed by atoms with Crippen molar-refractivity contribution >= 4 is 17.7 Å². The lowest BCUT2D eigenvalue weighted by Gasteiger charge is -2.26. The Morgan fingerprint density at radius 2 is 1.81 bits per heavy atom. The number of nitrogens with zero attached hydrogens (tertiary/aromatic N) is 1. The lowest BCUT2D eigenvalue weighted by atomic mass is 10.0. The second-order valence-corrected chi connectivity index (χ2v) is 8.03. The summed E-state index contributed by atoms with van der Waals surface area (Å²) >= 11 is 0. The molecule has 0 aromatic heterocycles. The van der Waals surface area contributed by atoms with Crippen molar-refractivity contribution in [2.24, 2.45) is 5.92 Å². The molecule has 2 unspecified atom stereocenters. The maximum absolute atomic E-state index is 13.2. The Kier molecular flexibility index (Phi) is 5.90. The normalized spacial score (nSPS) is 20.5. The van der Waals surface area contributed by atoms with Gasteiger partial charge < -0.3 is 15.5 Å². The van der Waals surface area contributed by atoms with Crippen LogP contribution in [0.15, 0.2) is 48.5 Å². The number of carbonyl (C=O) groups excluding carboxylic acids is 3. The first kappa shape index (κ1) is 21.9. The van der Waals surface area contributed by atoms with Gasteiger partial charge in [0.1, 0.15) is 0 Å². The smallest absolute Gasteiger partial charge is 0.353 e. The summed E-state index contributed by atoms with van der Waals surface area (Å²) in [6.07, 6.45) is -4.06. The molecule has 6 nitrogen and oxygen atoms in total. The molecular formula is C23H22F3N3O3. The Morgan fingerprint density at radius 3 is 2.50 bits per heavy atom. The molecule has 1 saturated carbocycles. The quantitative estimate of drug-likeness (QED) is 0.743. The van der Waals surface area contributed by atoms with Gasteiger partial charge in [-0.2, -0.15) is 13.2 Å². The fourth-order valence-corrected chi connectivity index (χ4v) is 3.99. The molecule has 1 saturated heterocycles. The molecule has 168 valence electrons. The van der Waals surface area contributed by atoms with Gasteiger partial charge in [-0.1, -0.05) is 30.3 Å². The van der Waals surface area contributed by atoms with Crippen molar-refractivity contribution in [1.82, 2.24) is 15.5 Å². The Labute approximate surface area is 182 Å². The maximum Gasteiger partial charge on any atom is 0.416 e. The summed E-state index contributed by atoms with van der Waals surface area (Å²) in [4.78, 5) is 37.9. The number of rotatable bonds is 5. The maximum atomic E-state index is 13.2. The predicted molar refractivity (Wildman–Crippen MR) is 109 cm³/mol. The molecule has 2 aromatic rings. The molecule has 1 aliphatic carbocycles. The molecule has 4 rings (SSSR count). The molecule has 1 heterocycles. The second kappa shape index (κ2) is 8.64. The van der Waals surface area contributed by atoms with E-state index in [4.69, 9.17) is 0 Å². The summed E-state index contributed by atoms with van der Waals surface area (Å²) in [5.74, 6) is -1.63. The zero-order valence-corrected chi connectivity index (χ0v) is 17.1. The van der Waals surface area contributed by atoms with Gasteiger partial charge >= 0.3 is 6.18 Å². The van der Waals surface area contributed by atoms with Crippen LogP contribution in [0.4, 0.5) is 13.2 Å². The number of carbonyl (C=O) groups is 3. The van der Waals surface area contributed by atoms with Gasteiger partial charge in [-0.25, -0.2) is 0 Å². The van der Waals surface area contributed by atoms with Gasteiger partial charge in [0.15, 0.2) is 0 Å². The van der Waals surface area contributed by atoms with E-state index in [0.717, 1.165) is 11.6 Å². The topological polar surface area (TPSA) is 78.5 Å². The molecule has 1 aliphatic heterocycles. The van der Waals surface area contributed by atoms with Crippen molar-refractivity contribution in [3.63, 3.8) is 0 Å². The van der Waals surface area contributed by atoms with Crippen LogP contribution in [0.2, 0.25) is 0 Å². The summed E-state index contributed by atoms with van der Waals surface area (Å²) in [6, 6.07) is 12.1. The minimum absolute atomic E-state index is 0.0245. The van der Waals surface area contributed by atoms with Crippen molar-refractivity contribution < 1.29 is 27.6 Å². The van der Waals surface area contributed by atoms with Crippen LogP contribution in [-0.4, -0.2) is 42.3 Å². The van der Waals surface area contributed by atoms with Crippen molar-refractivity contribution in [1.29, 1.82) is 0 Å². The first-order chi connectivity index (χ1) is 15.2. The number of hydrogen-bond acceptors (Lipinski definition) is 3. The van der Waals surface area contributed by atoms with Crippen LogP contribution in [-0.2, 0) is 22.3 Å². The summed E-state index contributed by atoms with van der Waals surface area (Å²) < 4.78 is 39.6. The summed E-state index contributed by atoms with van der Waals surface area (Å²) in [5.41, 5.74) is 0.682. The third-order valence-corrected chi connectivity index (χ3v) is 5.79. The van der Waals surface area contributed by atoms with Gasteiger partial charge in [0.25, 0.3) is 5.91 Å². The van der Waals surface area contributed by atoms with E-state index < -0.39 is 23.6 Å². The molecule has 0 bridgehead atoms. The van der Waals surface area contributed by atoms with Crippen molar-refractivity contribution in [2.75, 3.05) is 19.6 Å². The number of amides is 3. The van der Waals surface area contributed by atoms with Gasteiger partial charge in [-0.05, 0) is 41.7 Å². The highest BCUT2D eigenvalue weighted by molar-refractivity contribution is 5.97. The van der Waals surface area contributed by atoms with E-state index in [2.05, 4.69) is 10.6 Å². The van der Waals surface area contributed by atoms with Crippen LogP contribution in [0.1, 0.15) is 39.4 Å². The van der Waals surface area contributed by atoms with Crippen LogP contribution in [0.5, 0.6) is 0 Å². The average Bonchev–Trinajstić information content (AvgIpc) is 3.58. The Morgan fingerprint density at radius 1 is 1.09 bits per heavy atom. The minimum atomic E-state index is -4.45. The second-order valence-electron chi connectivity index (χ2n) is 8.03. The zero-order valence-electron chi connectivity index (χ0n) is 17.1. The fourth-order valence-electron chi connectivity index (χ4n) is 3.99. The number of nitrogens with one attached hydrogen (secondary N) is 2. The molecule has 2 atom stereocenters. The van der Waals surface area contributed by atoms with Crippen LogP contribution < -0.4 is 10.6 Å². The van der Waals surface area contributed by atoms with Crippen molar-refractivity contribution in [2.45, 2.75) is 25.1 Å². The van der Waals surface area contributed by atoms with Crippen LogP contribution in [0.3, 0.4) is 0 Å². The highest BCUT2D eigenvalue weighted by Crippen LogP contribution is 2.51. The van der Waals surface area contributed by atoms with E-state index >= 15 is 0 Å². The van der Waals surface area contributed by atoms with E-state index in [9.17, 15) is 27.6 Å². The average molecular weight is 445 g/mol. The predicted octanol–water partition coefficient (Wildman–Crippen LogP) is 2.70. The summed E-state index contributed by atoms with van der Waals surface area (Å²) in [7, 11) is 0. The van der Waals surface area contributed by atoms with Crippen molar-refractivity contribution in [3.8, 4) is 0 Å². The standard InChI is InChI=1S/C23H22F3N3O3/c24-23(25,26)19-4-2-1-3-16(19)17-11-18(17)21(31)28-12-14-5-7-15(8-6-14)22(32)29-10-9-27-20(30)13-29/h1-8,17-18H,9-13H2,(H,27,30)(H,28,31). The van der Waals surface area contributed by atoms with Gasteiger partial charge in [0.05, 0.1) is 12.1 Å². The first-order valence-electron chi connectivity index (χ1n) is 10.3. The van der Waals surface area contributed by atoms with Crippen molar-refractivity contribution in [3.05, 3.63) is 70.8 Å². The molecule has 2 aromatic carbocycles. The molecule has 2 fully saturated rings. The number of piperazine rings is 1. The molecule has 0 spiro atoms. The van der Waals surface area contributed by atoms with Gasteiger partial charge in [0, 0.05) is 31.1 Å². The Balaban J connectivity index is 1.32. The Bertz CT molecular complexity index is 1040. The highest BCUT2D eigenvalue weighted by atomic mass is 19.4. The molecular weight excluding hydrogens is 423 g/mol. The largest absolute Gasteiger partial charge is 0.416 e.